The number of hydrogen-bond acceptors (Lipinski definition) is 4. The molecule has 0 aromatic carbocycles. The molecule has 6 heteroatoms. The minimum Gasteiger partial charge on any atom is -0.506 e. The minimum absolute atomic E-state index is 0.0479. The fraction of sp³-hybridized carbons (Fsp3) is 0.0833. The Balaban J connectivity index is 2.21. The maximum atomic E-state index is 11.9. The first-order chi connectivity index (χ1) is 8.56. The van der Waals surface area contributed by atoms with Gasteiger partial charge in [0.1, 0.15) is 10.4 Å². The van der Waals surface area contributed by atoms with E-state index in [4.69, 9.17) is 0 Å². The Kier molecular flexibility index (Phi) is 3.57. The number of nitrogens with zero attached hydrogens (tertiary/aromatic N) is 2. The predicted octanol–water partition coefficient (Wildman–Crippen LogP) is 2.51. The fourth-order valence-corrected chi connectivity index (χ4v) is 1.81. The highest BCUT2D eigenvalue weighted by Gasteiger charge is 2.09. The number of nitrogens with one attached hydrogen (secondary N) is 1. The molecule has 0 bridgehead atoms. The molecule has 0 fully saturated rings. The summed E-state index contributed by atoms with van der Waals surface area (Å²) in [7, 11) is 0. The number of pyridine rings is 2. The summed E-state index contributed by atoms with van der Waals surface area (Å²) in [5.41, 5.74) is 1.61. The van der Waals surface area contributed by atoms with Gasteiger partial charge in [0.2, 0.25) is 0 Å². The number of amides is 1. The van der Waals surface area contributed by atoms with Crippen molar-refractivity contribution in [3.63, 3.8) is 0 Å². The molecule has 18 heavy (non-hydrogen) atoms. The van der Waals surface area contributed by atoms with Gasteiger partial charge >= 0.3 is 0 Å². The zero-order valence-electron chi connectivity index (χ0n) is 9.51. The van der Waals surface area contributed by atoms with Gasteiger partial charge in [0.25, 0.3) is 5.91 Å². The number of carbonyl (C=O) groups excluding carboxylic acids is 1. The second-order valence-electron chi connectivity index (χ2n) is 3.65. The van der Waals surface area contributed by atoms with E-state index >= 15 is 0 Å². The largest absolute Gasteiger partial charge is 0.506 e. The van der Waals surface area contributed by atoms with E-state index in [-0.39, 0.29) is 17.2 Å². The van der Waals surface area contributed by atoms with Crippen LogP contribution in [-0.4, -0.2) is 21.0 Å². The summed E-state index contributed by atoms with van der Waals surface area (Å²) >= 11 is 3.25. The molecule has 0 saturated heterocycles. The van der Waals surface area contributed by atoms with Crippen LogP contribution in [0.15, 0.2) is 35.2 Å². The lowest BCUT2D eigenvalue weighted by atomic mass is 10.2. The van der Waals surface area contributed by atoms with Crippen molar-refractivity contribution in [1.82, 2.24) is 9.97 Å². The molecule has 2 N–H and O–H groups in total. The molecule has 0 unspecified atom stereocenters. The van der Waals surface area contributed by atoms with Gasteiger partial charge < -0.3 is 10.4 Å². The van der Waals surface area contributed by atoms with E-state index < -0.39 is 0 Å². The lowest BCUT2D eigenvalue weighted by Crippen LogP contribution is -2.13. The van der Waals surface area contributed by atoms with E-state index in [0.717, 1.165) is 0 Å². The first kappa shape index (κ1) is 12.5. The smallest absolute Gasteiger partial charge is 0.257 e. The van der Waals surface area contributed by atoms with Gasteiger partial charge in [-0.15, -0.1) is 0 Å². The van der Waals surface area contributed by atoms with Crippen LogP contribution in [0, 0.1) is 6.92 Å². The zero-order chi connectivity index (χ0) is 13.1. The Hall–Kier alpha value is -1.95. The highest BCUT2D eigenvalue weighted by molar-refractivity contribution is 9.10. The Morgan fingerprint density at radius 1 is 1.39 bits per heavy atom. The molecule has 2 rings (SSSR count). The molecular weight excluding hydrogens is 298 g/mol. The summed E-state index contributed by atoms with van der Waals surface area (Å²) in [6, 6.07) is 4.84. The molecule has 2 heterocycles. The Bertz CT molecular complexity index is 602. The van der Waals surface area contributed by atoms with Crippen molar-refractivity contribution in [3.05, 3.63) is 46.5 Å². The molecule has 0 aliphatic rings. The first-order valence-corrected chi connectivity index (χ1v) is 5.94. The van der Waals surface area contributed by atoms with Crippen molar-refractivity contribution in [2.45, 2.75) is 6.92 Å². The second kappa shape index (κ2) is 5.14. The third kappa shape index (κ3) is 2.84. The van der Waals surface area contributed by atoms with E-state index in [1.807, 2.05) is 0 Å². The van der Waals surface area contributed by atoms with Crippen molar-refractivity contribution >= 4 is 27.5 Å². The van der Waals surface area contributed by atoms with Crippen molar-refractivity contribution in [2.75, 3.05) is 5.32 Å². The molecule has 0 spiro atoms. The van der Waals surface area contributed by atoms with Crippen LogP contribution < -0.4 is 5.32 Å². The van der Waals surface area contributed by atoms with Gasteiger partial charge in [-0.1, -0.05) is 0 Å². The third-order valence-electron chi connectivity index (χ3n) is 2.29. The molecule has 0 atom stereocenters. The van der Waals surface area contributed by atoms with E-state index in [1.165, 1.54) is 18.5 Å². The second-order valence-corrected chi connectivity index (χ2v) is 4.47. The Labute approximate surface area is 112 Å². The fourth-order valence-electron chi connectivity index (χ4n) is 1.41. The average Bonchev–Trinajstić information content (AvgIpc) is 2.32. The van der Waals surface area contributed by atoms with Crippen molar-refractivity contribution in [3.8, 4) is 5.75 Å². The quantitative estimate of drug-likeness (QED) is 0.836. The van der Waals surface area contributed by atoms with Crippen molar-refractivity contribution in [2.24, 2.45) is 0 Å². The summed E-state index contributed by atoms with van der Waals surface area (Å²) in [5, 5.41) is 12.0. The summed E-state index contributed by atoms with van der Waals surface area (Å²) in [5.74, 6) is -0.390. The number of aromatic nitrogens is 2. The topological polar surface area (TPSA) is 75.1 Å². The molecule has 0 aliphatic heterocycles. The van der Waals surface area contributed by atoms with E-state index in [9.17, 15) is 9.90 Å². The van der Waals surface area contributed by atoms with Gasteiger partial charge in [0, 0.05) is 6.20 Å². The van der Waals surface area contributed by atoms with Gasteiger partial charge in [-0.25, -0.2) is 4.98 Å². The summed E-state index contributed by atoms with van der Waals surface area (Å²) < 4.78 is 0.706. The van der Waals surface area contributed by atoms with Gasteiger partial charge in [-0.2, -0.15) is 0 Å². The SMILES string of the molecule is Cc1nc(Br)ccc1NC(=O)c1cncc(O)c1. The highest BCUT2D eigenvalue weighted by Crippen LogP contribution is 2.17. The van der Waals surface area contributed by atoms with Crippen LogP contribution in [0.4, 0.5) is 5.69 Å². The molecule has 0 radical (unpaired) electrons. The summed E-state index contributed by atoms with van der Waals surface area (Å²) in [6.07, 6.45) is 2.65. The number of halogens is 1. The van der Waals surface area contributed by atoms with Gasteiger partial charge in [0.15, 0.2) is 0 Å². The summed E-state index contributed by atoms with van der Waals surface area (Å²) in [4.78, 5) is 19.8. The van der Waals surface area contributed by atoms with Gasteiger partial charge in [0.05, 0.1) is 23.1 Å². The van der Waals surface area contributed by atoms with Crippen LogP contribution in [0.2, 0.25) is 0 Å². The van der Waals surface area contributed by atoms with Crippen LogP contribution in [0.1, 0.15) is 16.1 Å². The highest BCUT2D eigenvalue weighted by atomic mass is 79.9. The molecule has 0 aliphatic carbocycles. The van der Waals surface area contributed by atoms with Crippen molar-refractivity contribution in [1.29, 1.82) is 0 Å². The van der Waals surface area contributed by atoms with Crippen LogP contribution in [0.5, 0.6) is 5.75 Å². The maximum Gasteiger partial charge on any atom is 0.257 e. The van der Waals surface area contributed by atoms with Gasteiger partial charge in [-0.3, -0.25) is 9.78 Å². The summed E-state index contributed by atoms with van der Waals surface area (Å²) in [6.45, 7) is 1.79. The Morgan fingerprint density at radius 3 is 2.83 bits per heavy atom. The number of aromatic hydroxyl groups is 1. The maximum absolute atomic E-state index is 11.9. The van der Waals surface area contributed by atoms with Crippen LogP contribution >= 0.6 is 15.9 Å². The van der Waals surface area contributed by atoms with Crippen LogP contribution in [0.3, 0.4) is 0 Å². The molecule has 92 valence electrons. The molecule has 2 aromatic heterocycles. The Morgan fingerprint density at radius 2 is 2.17 bits per heavy atom. The average molecular weight is 308 g/mol. The molecule has 5 nitrogen and oxygen atoms in total. The van der Waals surface area contributed by atoms with Crippen molar-refractivity contribution < 1.29 is 9.90 Å². The normalized spacial score (nSPS) is 10.1. The number of rotatable bonds is 2. The molecular formula is C12H10BrN3O2. The van der Waals surface area contributed by atoms with E-state index in [1.54, 1.807) is 19.1 Å². The number of aryl methyl sites for hydroxylation is 1. The number of anilines is 1. The molecule has 2 aromatic rings. The standard InChI is InChI=1S/C12H10BrN3O2/c1-7-10(2-3-11(13)15-7)16-12(18)8-4-9(17)6-14-5-8/h2-6,17H,1H3,(H,16,18). The van der Waals surface area contributed by atoms with Crippen LogP contribution in [0.25, 0.3) is 0 Å². The third-order valence-corrected chi connectivity index (χ3v) is 2.73. The lowest BCUT2D eigenvalue weighted by molar-refractivity contribution is 0.102. The van der Waals surface area contributed by atoms with E-state index in [2.05, 4.69) is 31.2 Å². The number of carbonyl (C=O) groups is 1. The predicted molar refractivity (Wildman–Crippen MR) is 70.5 cm³/mol. The lowest BCUT2D eigenvalue weighted by Gasteiger charge is -2.07. The monoisotopic (exact) mass is 307 g/mol. The number of hydrogen-bond donors (Lipinski definition) is 2. The zero-order valence-corrected chi connectivity index (χ0v) is 11.1. The molecule has 1 amide bonds. The van der Waals surface area contributed by atoms with E-state index in [0.29, 0.717) is 16.0 Å². The van der Waals surface area contributed by atoms with Crippen LogP contribution in [-0.2, 0) is 0 Å². The minimum atomic E-state index is -0.342. The first-order valence-electron chi connectivity index (χ1n) is 5.15. The molecule has 0 saturated carbocycles. The van der Waals surface area contributed by atoms with Gasteiger partial charge in [-0.05, 0) is 41.1 Å².